The number of unbranched alkanes of at least 4 members (excludes halogenated alkanes) is 10. The van der Waals surface area contributed by atoms with Gasteiger partial charge in [0.2, 0.25) is 22.8 Å². The van der Waals surface area contributed by atoms with Crippen molar-refractivity contribution in [3.8, 4) is 22.6 Å². The molecule has 0 atom stereocenters. The van der Waals surface area contributed by atoms with E-state index in [1.807, 2.05) is 0 Å². The number of allylic oxidation sites excluding steroid dienone is 18. The van der Waals surface area contributed by atoms with Gasteiger partial charge in [-0.15, -0.1) is 0 Å². The maximum Gasteiger partial charge on any atom is 0.222 e. The van der Waals surface area contributed by atoms with E-state index >= 15 is 0 Å². The summed E-state index contributed by atoms with van der Waals surface area (Å²) in [6.45, 7) is 28.2. The number of fused-ring (bicyclic) bond motifs is 4. The van der Waals surface area contributed by atoms with Gasteiger partial charge >= 0.3 is 0 Å². The van der Waals surface area contributed by atoms with Crippen LogP contribution in [-0.4, -0.2) is 58.9 Å². The normalized spacial score (nSPS) is 16.9. The fourth-order valence-electron chi connectivity index (χ4n) is 14.5. The van der Waals surface area contributed by atoms with Crippen LogP contribution in [0.3, 0.4) is 0 Å². The molecule has 0 unspecified atom stereocenters. The fourth-order valence-corrected chi connectivity index (χ4v) is 14.5. The lowest BCUT2D eigenvalue weighted by molar-refractivity contribution is -0.697. The smallest absolute Gasteiger partial charge is 0.222 e. The zero-order valence-corrected chi connectivity index (χ0v) is 59.5. The molecular weight excluding hydrogens is 1180 g/mol. The van der Waals surface area contributed by atoms with Crippen molar-refractivity contribution in [2.24, 2.45) is 9.98 Å². The molecule has 9 heterocycles. The van der Waals surface area contributed by atoms with Gasteiger partial charge in [0.15, 0.2) is 24.8 Å². The highest BCUT2D eigenvalue weighted by atomic mass is 16.5. The van der Waals surface area contributed by atoms with Gasteiger partial charge < -0.3 is 19.3 Å². The third-order valence-electron chi connectivity index (χ3n) is 20.1. The average Bonchev–Trinajstić information content (AvgIpc) is 1.60. The van der Waals surface area contributed by atoms with Crippen LogP contribution in [0.25, 0.3) is 22.3 Å². The van der Waals surface area contributed by atoms with Crippen LogP contribution in [0.4, 0.5) is 0 Å². The molecule has 96 heavy (non-hydrogen) atoms. The maximum atomic E-state index is 6.64. The van der Waals surface area contributed by atoms with Gasteiger partial charge in [-0.05, 0) is 203 Å². The number of aliphatic imine (C=N–C) groups is 2. The number of benzene rings is 2. The molecule has 7 aliphatic rings. The minimum absolute atomic E-state index is 0.662. The first-order valence-corrected chi connectivity index (χ1v) is 36.6. The van der Waals surface area contributed by atoms with E-state index in [1.54, 1.807) is 0 Å². The first kappa shape index (κ1) is 68.6. The molecule has 10 heteroatoms. The highest BCUT2D eigenvalue weighted by Gasteiger charge is 2.40. The van der Waals surface area contributed by atoms with Gasteiger partial charge in [0.05, 0.1) is 36.0 Å². The summed E-state index contributed by atoms with van der Waals surface area (Å²) >= 11 is 0. The summed E-state index contributed by atoms with van der Waals surface area (Å²) in [6.07, 6.45) is 51.1. The van der Waals surface area contributed by atoms with E-state index in [0.29, 0.717) is 13.2 Å². The second-order valence-electron chi connectivity index (χ2n) is 26.7. The molecule has 498 valence electrons. The van der Waals surface area contributed by atoms with Crippen molar-refractivity contribution in [2.45, 2.75) is 198 Å². The van der Waals surface area contributed by atoms with Gasteiger partial charge in [0.1, 0.15) is 30.2 Å². The van der Waals surface area contributed by atoms with Crippen LogP contribution in [0, 0.1) is 0 Å². The van der Waals surface area contributed by atoms with E-state index in [9.17, 15) is 0 Å². The van der Waals surface area contributed by atoms with Crippen LogP contribution in [-0.2, 0) is 13.1 Å². The topological polar surface area (TPSA) is 85.4 Å². The summed E-state index contributed by atoms with van der Waals surface area (Å²) in [7, 11) is 0. The number of hydrogen-bond acceptors (Lipinski definition) is 6. The van der Waals surface area contributed by atoms with Gasteiger partial charge in [-0.1, -0.05) is 97.9 Å². The van der Waals surface area contributed by atoms with Gasteiger partial charge in [-0.3, -0.25) is 0 Å². The SMILES string of the molecule is CCCCCN1C=CC(=C2C=CN(CCCCCCOc3cccc(C4=C5N=C(C=C6[NH+]=C(C(C)=C6CC)C(c6cccc(OCCCCCC[n+]7ccc(-c8cc[n+](CCCCC)cc8)cc7)c6)=C6[NH+]=C(C=C7N=C4C(C)=C7CC)C(CC)=C6C)C(CC)=C5C)c3)C=C2)C=C1. The maximum absolute atomic E-state index is 6.64. The van der Waals surface area contributed by atoms with Crippen molar-refractivity contribution in [2.75, 3.05) is 26.3 Å². The Labute approximate surface area is 574 Å². The van der Waals surface area contributed by atoms with Crippen LogP contribution < -0.4 is 28.6 Å². The third-order valence-corrected chi connectivity index (χ3v) is 20.1. The lowest BCUT2D eigenvalue weighted by atomic mass is 9.89. The van der Waals surface area contributed by atoms with Gasteiger partial charge in [-0.2, -0.15) is 0 Å². The van der Waals surface area contributed by atoms with Crippen LogP contribution in [0.1, 0.15) is 196 Å². The number of aromatic nitrogens is 2. The predicted octanol–water partition coefficient (Wildman–Crippen LogP) is 16.7. The Bertz CT molecular complexity index is 4060. The van der Waals surface area contributed by atoms with E-state index in [-0.39, 0.29) is 0 Å². The summed E-state index contributed by atoms with van der Waals surface area (Å²) in [5, 5.41) is 0. The Hall–Kier alpha value is -8.76. The summed E-state index contributed by atoms with van der Waals surface area (Å²) in [5.41, 5.74) is 27.7. The summed E-state index contributed by atoms with van der Waals surface area (Å²) in [6, 6.07) is 26.4. The molecular formula is C86H106N8O2+4. The Morgan fingerprint density at radius 3 is 1.51 bits per heavy atom. The monoisotopic (exact) mass is 1280 g/mol. The molecule has 0 aliphatic carbocycles. The Morgan fingerprint density at radius 1 is 0.448 bits per heavy atom. The molecule has 10 nitrogen and oxygen atoms in total. The molecule has 2 aromatic carbocycles. The minimum atomic E-state index is 0.662. The zero-order chi connectivity index (χ0) is 66.9. The Balaban J connectivity index is 0.789. The van der Waals surface area contributed by atoms with Crippen molar-refractivity contribution in [3.05, 3.63) is 248 Å². The first-order chi connectivity index (χ1) is 47.0. The molecule has 0 amide bonds. The quantitative estimate of drug-likeness (QED) is 0.0388. The molecule has 2 aromatic heterocycles. The largest absolute Gasteiger partial charge is 0.494 e. The lowest BCUT2D eigenvalue weighted by Crippen LogP contribution is -2.72. The van der Waals surface area contributed by atoms with E-state index in [0.717, 1.165) is 183 Å². The fraction of sp³-hybridized carbons (Fsp3) is 0.395. The molecule has 11 rings (SSSR count). The zero-order valence-electron chi connectivity index (χ0n) is 59.5. The highest BCUT2D eigenvalue weighted by Crippen LogP contribution is 2.42. The molecule has 0 fully saturated rings. The van der Waals surface area contributed by atoms with Crippen LogP contribution in [0.5, 0.6) is 11.5 Å². The van der Waals surface area contributed by atoms with Crippen molar-refractivity contribution in [3.63, 3.8) is 0 Å². The number of ether oxygens (including phenoxy) is 2. The Kier molecular flexibility index (Phi) is 23.8. The molecule has 2 N–H and O–H groups in total. The highest BCUT2D eigenvalue weighted by molar-refractivity contribution is 6.36. The number of hydrogen-bond donors (Lipinski definition) is 2. The second kappa shape index (κ2) is 33.3. The standard InChI is InChI=1S/C86H104N8O2/c1-11-17-23-43-91-47-35-65(36-48-91)67-39-51-93(52-40-67)45-25-19-21-27-55-95-71-33-29-31-69(57-71)81-83-61(7)73(13-3)77(87-83)59-79-75(15-5)63(9)85(89-79)82(86-64(10)76(16-6)80(90-86)60-78-74(14-4)62(8)84(81)88-78)70-32-30-34-72(58-70)96-56-28-22-20-26-46-94-53-41-68(42-54-94)66-37-49-92(50-38-66)44-24-18-12-2/h29-42,47-54,57-60H,11-28,43-46,55-56H2,1-10H3/q+2/p+2. The predicted molar refractivity (Wildman–Crippen MR) is 398 cm³/mol. The first-order valence-electron chi connectivity index (χ1n) is 36.6. The summed E-state index contributed by atoms with van der Waals surface area (Å²) < 4.78 is 17.9. The number of rotatable bonds is 31. The van der Waals surface area contributed by atoms with Gasteiger partial charge in [0.25, 0.3) is 0 Å². The molecule has 0 spiro atoms. The van der Waals surface area contributed by atoms with Crippen molar-refractivity contribution >= 4 is 34.0 Å². The molecule has 4 aromatic rings. The van der Waals surface area contributed by atoms with E-state index in [4.69, 9.17) is 19.5 Å². The van der Waals surface area contributed by atoms with Crippen molar-refractivity contribution in [1.82, 2.24) is 9.80 Å². The molecule has 0 saturated carbocycles. The van der Waals surface area contributed by atoms with Crippen molar-refractivity contribution < 1.29 is 28.6 Å². The molecule has 7 aliphatic heterocycles. The Morgan fingerprint density at radius 2 is 0.958 bits per heavy atom. The number of nitrogens with zero attached hydrogens (tertiary/aromatic N) is 6. The van der Waals surface area contributed by atoms with Crippen molar-refractivity contribution in [1.29, 1.82) is 0 Å². The minimum Gasteiger partial charge on any atom is -0.494 e. The number of nitrogens with one attached hydrogen (secondary N) is 2. The van der Waals surface area contributed by atoms with Crippen LogP contribution in [0.2, 0.25) is 0 Å². The van der Waals surface area contributed by atoms with E-state index < -0.39 is 0 Å². The van der Waals surface area contributed by atoms with E-state index in [2.05, 4.69) is 257 Å². The molecule has 8 bridgehead atoms. The summed E-state index contributed by atoms with van der Waals surface area (Å²) in [4.78, 5) is 24.2. The number of pyridine rings is 2. The summed E-state index contributed by atoms with van der Waals surface area (Å²) in [5.74, 6) is 1.75. The number of aryl methyl sites for hydroxylation is 2. The van der Waals surface area contributed by atoms with Crippen LogP contribution in [0.15, 0.2) is 247 Å². The second-order valence-corrected chi connectivity index (χ2v) is 26.7. The lowest BCUT2D eigenvalue weighted by Gasteiger charge is -2.22. The van der Waals surface area contributed by atoms with Gasteiger partial charge in [0, 0.05) is 115 Å². The van der Waals surface area contributed by atoms with E-state index in [1.165, 1.54) is 105 Å². The molecule has 0 radical (unpaired) electrons. The van der Waals surface area contributed by atoms with Crippen LogP contribution >= 0.6 is 0 Å². The van der Waals surface area contributed by atoms with Gasteiger partial charge in [-0.25, -0.2) is 29.1 Å². The molecule has 0 saturated heterocycles. The average molecular weight is 1280 g/mol. The third kappa shape index (κ3) is 16.2.